The summed E-state index contributed by atoms with van der Waals surface area (Å²) in [5.74, 6) is 0.0548. The van der Waals surface area contributed by atoms with Gasteiger partial charge in [0.2, 0.25) is 0 Å². The first-order valence-electron chi connectivity index (χ1n) is 11.3. The Labute approximate surface area is 197 Å². The van der Waals surface area contributed by atoms with E-state index in [2.05, 4.69) is 10.3 Å². The first-order chi connectivity index (χ1) is 16.7. The van der Waals surface area contributed by atoms with Gasteiger partial charge in [0, 0.05) is 43.3 Å². The molecule has 1 fully saturated rings. The fraction of sp³-hybridized carbons (Fsp3) is 0.231. The molecule has 0 unspecified atom stereocenters. The van der Waals surface area contributed by atoms with E-state index in [1.807, 2.05) is 42.5 Å². The van der Waals surface area contributed by atoms with Crippen LogP contribution < -0.4 is 5.32 Å². The molecule has 3 aromatic heterocycles. The van der Waals surface area contributed by atoms with Gasteiger partial charge in [-0.05, 0) is 42.7 Å². The van der Waals surface area contributed by atoms with Crippen molar-refractivity contribution in [2.24, 2.45) is 0 Å². The van der Waals surface area contributed by atoms with Crippen LogP contribution in [0.2, 0.25) is 0 Å². The number of rotatable bonds is 6. The average Bonchev–Trinajstić information content (AvgIpc) is 3.56. The van der Waals surface area contributed by atoms with Crippen molar-refractivity contribution in [3.63, 3.8) is 0 Å². The summed E-state index contributed by atoms with van der Waals surface area (Å²) in [6, 6.07) is 17.1. The van der Waals surface area contributed by atoms with E-state index in [1.54, 1.807) is 40.3 Å². The van der Waals surface area contributed by atoms with Gasteiger partial charge in [0.05, 0.1) is 18.4 Å². The highest BCUT2D eigenvalue weighted by atomic mass is 16.3. The lowest BCUT2D eigenvalue weighted by Crippen LogP contribution is -2.46. The summed E-state index contributed by atoms with van der Waals surface area (Å²) in [5.41, 5.74) is 3.01. The molecule has 0 atom stereocenters. The lowest BCUT2D eigenvalue weighted by atomic mass is 10.0. The van der Waals surface area contributed by atoms with Gasteiger partial charge in [-0.2, -0.15) is 5.10 Å². The molecule has 1 aliphatic rings. The summed E-state index contributed by atoms with van der Waals surface area (Å²) in [5, 5.41) is 7.85. The lowest BCUT2D eigenvalue weighted by molar-refractivity contribution is 0.0667. The molecule has 0 spiro atoms. The Kier molecular flexibility index (Phi) is 6.20. The molecule has 1 N–H and O–H groups in total. The van der Waals surface area contributed by atoms with Gasteiger partial charge in [0.1, 0.15) is 5.69 Å². The fourth-order valence-electron chi connectivity index (χ4n) is 4.20. The SMILES string of the molecule is O=C(NC1CCN(C(=O)c2ccco2)CC1)c1cn(Cc2ccccc2)nc1-c1cccnc1. The summed E-state index contributed by atoms with van der Waals surface area (Å²) in [4.78, 5) is 31.7. The van der Waals surface area contributed by atoms with Gasteiger partial charge < -0.3 is 14.6 Å². The smallest absolute Gasteiger partial charge is 0.289 e. The second-order valence-corrected chi connectivity index (χ2v) is 8.33. The highest BCUT2D eigenvalue weighted by Gasteiger charge is 2.27. The Balaban J connectivity index is 1.29. The van der Waals surface area contributed by atoms with Gasteiger partial charge in [-0.3, -0.25) is 19.3 Å². The molecule has 172 valence electrons. The van der Waals surface area contributed by atoms with Crippen LogP contribution in [0.4, 0.5) is 0 Å². The van der Waals surface area contributed by atoms with Gasteiger partial charge >= 0.3 is 0 Å². The zero-order chi connectivity index (χ0) is 23.3. The van der Waals surface area contributed by atoms with Crippen molar-refractivity contribution in [3.05, 3.63) is 96.3 Å². The van der Waals surface area contributed by atoms with Crippen molar-refractivity contribution in [1.29, 1.82) is 0 Å². The number of amides is 2. The molecule has 0 saturated carbocycles. The van der Waals surface area contributed by atoms with Crippen molar-refractivity contribution in [2.45, 2.75) is 25.4 Å². The number of carbonyl (C=O) groups excluding carboxylic acids is 2. The summed E-state index contributed by atoms with van der Waals surface area (Å²) >= 11 is 0. The minimum atomic E-state index is -0.172. The summed E-state index contributed by atoms with van der Waals surface area (Å²) in [7, 11) is 0. The molecule has 8 nitrogen and oxygen atoms in total. The average molecular weight is 456 g/mol. The number of hydrogen-bond donors (Lipinski definition) is 1. The van der Waals surface area contributed by atoms with Crippen LogP contribution in [-0.4, -0.2) is 50.6 Å². The van der Waals surface area contributed by atoms with Crippen LogP contribution in [0, 0.1) is 0 Å². The van der Waals surface area contributed by atoms with E-state index in [1.165, 1.54) is 6.26 Å². The van der Waals surface area contributed by atoms with Crippen molar-refractivity contribution in [3.8, 4) is 11.3 Å². The van der Waals surface area contributed by atoms with E-state index >= 15 is 0 Å². The van der Waals surface area contributed by atoms with Gasteiger partial charge in [0.15, 0.2) is 5.76 Å². The maximum atomic E-state index is 13.3. The number of benzene rings is 1. The number of aromatic nitrogens is 3. The summed E-state index contributed by atoms with van der Waals surface area (Å²) in [6.45, 7) is 1.69. The fourth-order valence-corrected chi connectivity index (χ4v) is 4.20. The van der Waals surface area contributed by atoms with Crippen molar-refractivity contribution in [1.82, 2.24) is 25.0 Å². The van der Waals surface area contributed by atoms with Crippen molar-refractivity contribution in [2.75, 3.05) is 13.1 Å². The molecule has 1 aromatic carbocycles. The van der Waals surface area contributed by atoms with E-state index in [0.29, 0.717) is 49.5 Å². The van der Waals surface area contributed by atoms with Crippen LogP contribution in [0.3, 0.4) is 0 Å². The van der Waals surface area contributed by atoms with Crippen molar-refractivity contribution < 1.29 is 14.0 Å². The van der Waals surface area contributed by atoms with Gasteiger partial charge in [-0.25, -0.2) is 0 Å². The molecular weight excluding hydrogens is 430 g/mol. The molecular formula is C26H25N5O3. The molecule has 8 heteroatoms. The predicted molar refractivity (Wildman–Crippen MR) is 126 cm³/mol. The molecule has 4 aromatic rings. The standard InChI is InChI=1S/C26H25N5O3/c32-25(28-21-10-13-30(14-11-21)26(33)23-9-5-15-34-23)22-18-31(17-19-6-2-1-3-7-19)29-24(22)20-8-4-12-27-16-20/h1-9,12,15-16,18,21H,10-11,13-14,17H2,(H,28,32). The van der Waals surface area contributed by atoms with E-state index in [0.717, 1.165) is 11.1 Å². The van der Waals surface area contributed by atoms with Crippen LogP contribution in [0.1, 0.15) is 39.3 Å². The van der Waals surface area contributed by atoms with Crippen LogP contribution in [0.15, 0.2) is 83.9 Å². The Bertz CT molecular complexity index is 1240. The number of pyridine rings is 1. The quantitative estimate of drug-likeness (QED) is 0.479. The zero-order valence-corrected chi connectivity index (χ0v) is 18.6. The number of carbonyl (C=O) groups is 2. The Morgan fingerprint density at radius 2 is 1.85 bits per heavy atom. The van der Waals surface area contributed by atoms with Crippen LogP contribution >= 0.6 is 0 Å². The molecule has 0 bridgehead atoms. The van der Waals surface area contributed by atoms with Gasteiger partial charge in [-0.1, -0.05) is 30.3 Å². The highest BCUT2D eigenvalue weighted by Crippen LogP contribution is 2.23. The van der Waals surface area contributed by atoms with E-state index in [-0.39, 0.29) is 17.9 Å². The monoisotopic (exact) mass is 455 g/mol. The largest absolute Gasteiger partial charge is 0.459 e. The number of likely N-dealkylation sites (tertiary alicyclic amines) is 1. The number of piperidine rings is 1. The number of nitrogens with one attached hydrogen (secondary N) is 1. The lowest BCUT2D eigenvalue weighted by Gasteiger charge is -2.31. The van der Waals surface area contributed by atoms with Gasteiger partial charge in [-0.15, -0.1) is 0 Å². The summed E-state index contributed by atoms with van der Waals surface area (Å²) in [6.07, 6.45) is 8.06. The molecule has 5 rings (SSSR count). The van der Waals surface area contributed by atoms with Gasteiger partial charge in [0.25, 0.3) is 11.8 Å². The Morgan fingerprint density at radius 1 is 1.03 bits per heavy atom. The second-order valence-electron chi connectivity index (χ2n) is 8.33. The highest BCUT2D eigenvalue weighted by molar-refractivity contribution is 6.00. The van der Waals surface area contributed by atoms with E-state index < -0.39 is 0 Å². The zero-order valence-electron chi connectivity index (χ0n) is 18.6. The number of nitrogens with zero attached hydrogens (tertiary/aromatic N) is 4. The van der Waals surface area contributed by atoms with E-state index in [4.69, 9.17) is 9.52 Å². The Hall–Kier alpha value is -4.20. The summed E-state index contributed by atoms with van der Waals surface area (Å²) < 4.78 is 7.01. The molecule has 34 heavy (non-hydrogen) atoms. The molecule has 0 aliphatic carbocycles. The second kappa shape index (κ2) is 9.74. The molecule has 1 saturated heterocycles. The molecule has 4 heterocycles. The maximum Gasteiger partial charge on any atom is 0.289 e. The van der Waals surface area contributed by atoms with Crippen molar-refractivity contribution >= 4 is 11.8 Å². The first kappa shape index (κ1) is 21.6. The third-order valence-corrected chi connectivity index (χ3v) is 5.98. The number of furan rings is 1. The topological polar surface area (TPSA) is 93.3 Å². The van der Waals surface area contributed by atoms with Crippen LogP contribution in [0.5, 0.6) is 0 Å². The Morgan fingerprint density at radius 3 is 2.56 bits per heavy atom. The minimum Gasteiger partial charge on any atom is -0.459 e. The third-order valence-electron chi connectivity index (χ3n) is 5.98. The van der Waals surface area contributed by atoms with E-state index in [9.17, 15) is 9.59 Å². The molecule has 0 radical (unpaired) electrons. The molecule has 1 aliphatic heterocycles. The minimum absolute atomic E-state index is 0.0210. The first-order valence-corrected chi connectivity index (χ1v) is 11.3. The molecule has 2 amide bonds. The third kappa shape index (κ3) is 4.76. The predicted octanol–water partition coefficient (Wildman–Crippen LogP) is 3.62. The maximum absolute atomic E-state index is 13.3. The number of hydrogen-bond acceptors (Lipinski definition) is 5. The van der Waals surface area contributed by atoms with Crippen LogP contribution in [-0.2, 0) is 6.54 Å². The normalized spacial score (nSPS) is 14.2. The van der Waals surface area contributed by atoms with Crippen LogP contribution in [0.25, 0.3) is 11.3 Å².